The minimum atomic E-state index is 0.438. The fraction of sp³-hybridized carbons (Fsp3) is 0.462. The third kappa shape index (κ3) is 2.53. The lowest BCUT2D eigenvalue weighted by atomic mass is 10.3. The Morgan fingerprint density at radius 2 is 2.18 bits per heavy atom. The van der Waals surface area contributed by atoms with Crippen LogP contribution in [-0.2, 0) is 6.42 Å². The topological polar surface area (TPSA) is 29.9 Å². The first kappa shape index (κ1) is 12.6. The van der Waals surface area contributed by atoms with Gasteiger partial charge in [0.25, 0.3) is 0 Å². The van der Waals surface area contributed by atoms with Crippen LogP contribution in [0.2, 0.25) is 0 Å². The number of imidazole rings is 1. The number of nitrogens with one attached hydrogen (secondary N) is 1. The number of hydrogen-bond donors (Lipinski definition) is 1. The van der Waals surface area contributed by atoms with Crippen LogP contribution < -0.4 is 5.32 Å². The number of aromatic nitrogens is 2. The fourth-order valence-corrected chi connectivity index (χ4v) is 2.46. The van der Waals surface area contributed by atoms with Gasteiger partial charge in [-0.2, -0.15) is 0 Å². The van der Waals surface area contributed by atoms with Gasteiger partial charge >= 0.3 is 0 Å². The minimum absolute atomic E-state index is 0.438. The molecule has 4 heteroatoms. The average Bonchev–Trinajstić information content (AvgIpc) is 2.63. The molecule has 0 fully saturated rings. The van der Waals surface area contributed by atoms with Gasteiger partial charge < -0.3 is 9.88 Å². The van der Waals surface area contributed by atoms with Crippen LogP contribution in [0.25, 0.3) is 11.0 Å². The molecule has 1 heterocycles. The van der Waals surface area contributed by atoms with Gasteiger partial charge in [-0.1, -0.05) is 15.9 Å². The van der Waals surface area contributed by atoms with Gasteiger partial charge in [0.1, 0.15) is 5.82 Å². The van der Waals surface area contributed by atoms with Gasteiger partial charge in [-0.05, 0) is 39.1 Å². The first-order valence-corrected chi connectivity index (χ1v) is 6.73. The molecule has 2 aromatic rings. The van der Waals surface area contributed by atoms with Crippen LogP contribution in [0.1, 0.15) is 25.7 Å². The highest BCUT2D eigenvalue weighted by molar-refractivity contribution is 9.10. The third-order valence-corrected chi connectivity index (χ3v) is 3.33. The van der Waals surface area contributed by atoms with Gasteiger partial charge in [-0.15, -0.1) is 0 Å². The summed E-state index contributed by atoms with van der Waals surface area (Å²) in [6, 6.07) is 6.73. The smallest absolute Gasteiger partial charge is 0.111 e. The summed E-state index contributed by atoms with van der Waals surface area (Å²) in [4.78, 5) is 4.73. The Morgan fingerprint density at radius 1 is 1.41 bits per heavy atom. The van der Waals surface area contributed by atoms with E-state index in [-0.39, 0.29) is 0 Å². The normalized spacial score (nSPS) is 11.6. The number of hydrogen-bond acceptors (Lipinski definition) is 2. The van der Waals surface area contributed by atoms with Gasteiger partial charge in [0.2, 0.25) is 0 Å². The van der Waals surface area contributed by atoms with Gasteiger partial charge in [-0.3, -0.25) is 0 Å². The quantitative estimate of drug-likeness (QED) is 0.939. The van der Waals surface area contributed by atoms with Crippen molar-refractivity contribution in [2.24, 2.45) is 0 Å². The lowest BCUT2D eigenvalue weighted by molar-refractivity contribution is 0.577. The summed E-state index contributed by atoms with van der Waals surface area (Å²) in [6.45, 7) is 5.36. The molecule has 1 aromatic heterocycles. The van der Waals surface area contributed by atoms with Crippen LogP contribution >= 0.6 is 15.9 Å². The highest BCUT2D eigenvalue weighted by atomic mass is 79.9. The van der Waals surface area contributed by atoms with E-state index in [4.69, 9.17) is 4.98 Å². The van der Waals surface area contributed by atoms with E-state index in [0.29, 0.717) is 6.04 Å². The summed E-state index contributed by atoms with van der Waals surface area (Å²) in [5.74, 6) is 1.16. The molecule has 2 rings (SSSR count). The van der Waals surface area contributed by atoms with Crippen molar-refractivity contribution in [3.8, 4) is 0 Å². The fourth-order valence-electron chi connectivity index (χ4n) is 2.11. The molecule has 0 aliphatic carbocycles. The van der Waals surface area contributed by atoms with Crippen LogP contribution in [0.5, 0.6) is 0 Å². The molecule has 0 bridgehead atoms. The predicted octanol–water partition coefficient (Wildman–Crippen LogP) is 3.14. The molecule has 0 radical (unpaired) electrons. The number of benzene rings is 1. The van der Waals surface area contributed by atoms with Gasteiger partial charge in [-0.25, -0.2) is 4.98 Å². The highest BCUT2D eigenvalue weighted by Gasteiger charge is 2.12. The second-order valence-corrected chi connectivity index (χ2v) is 5.39. The zero-order valence-corrected chi connectivity index (χ0v) is 12.1. The highest BCUT2D eigenvalue weighted by Crippen LogP contribution is 2.24. The van der Waals surface area contributed by atoms with Crippen molar-refractivity contribution in [3.63, 3.8) is 0 Å². The maximum atomic E-state index is 4.73. The molecule has 1 aromatic carbocycles. The van der Waals surface area contributed by atoms with Crippen LogP contribution in [0.15, 0.2) is 22.7 Å². The summed E-state index contributed by atoms with van der Waals surface area (Å²) in [5, 5.41) is 3.18. The summed E-state index contributed by atoms with van der Waals surface area (Å²) in [6.07, 6.45) is 0.959. The molecule has 1 N–H and O–H groups in total. The number of likely N-dealkylation sites (N-methyl/N-ethyl adjacent to an activating group) is 1. The van der Waals surface area contributed by atoms with Crippen molar-refractivity contribution < 1.29 is 0 Å². The van der Waals surface area contributed by atoms with Gasteiger partial charge in [0, 0.05) is 23.5 Å². The molecule has 3 nitrogen and oxygen atoms in total. The Labute approximate surface area is 110 Å². The maximum Gasteiger partial charge on any atom is 0.111 e. The standard InChI is InChI=1S/C13H18BrN3/c1-9(2)17-12-5-4-10(14)8-11(12)16-13(17)6-7-15-3/h4-5,8-9,15H,6-7H2,1-3H3. The summed E-state index contributed by atoms with van der Waals surface area (Å²) >= 11 is 3.49. The van der Waals surface area contributed by atoms with E-state index in [9.17, 15) is 0 Å². The number of fused-ring (bicyclic) bond motifs is 1. The summed E-state index contributed by atoms with van der Waals surface area (Å²) in [5.41, 5.74) is 2.29. The molecule has 0 unspecified atom stereocenters. The molecule has 0 saturated heterocycles. The monoisotopic (exact) mass is 295 g/mol. The molecule has 92 valence electrons. The van der Waals surface area contributed by atoms with Crippen LogP contribution in [0.3, 0.4) is 0 Å². The first-order valence-electron chi connectivity index (χ1n) is 5.94. The number of halogens is 1. The van der Waals surface area contributed by atoms with Gasteiger partial charge in [0.05, 0.1) is 11.0 Å². The lowest BCUT2D eigenvalue weighted by Gasteiger charge is -2.12. The third-order valence-electron chi connectivity index (χ3n) is 2.84. The van der Waals surface area contributed by atoms with Crippen molar-refractivity contribution >= 4 is 27.0 Å². The van der Waals surface area contributed by atoms with Crippen LogP contribution in [0, 0.1) is 0 Å². The van der Waals surface area contributed by atoms with Crippen molar-refractivity contribution in [1.29, 1.82) is 0 Å². The van der Waals surface area contributed by atoms with Crippen molar-refractivity contribution in [2.75, 3.05) is 13.6 Å². The van der Waals surface area contributed by atoms with Crippen LogP contribution in [0.4, 0.5) is 0 Å². The molecule has 0 atom stereocenters. The van der Waals surface area contributed by atoms with E-state index in [0.717, 1.165) is 28.8 Å². The number of rotatable bonds is 4. The van der Waals surface area contributed by atoms with E-state index in [1.54, 1.807) is 0 Å². The maximum absolute atomic E-state index is 4.73. The largest absolute Gasteiger partial charge is 0.325 e. The Morgan fingerprint density at radius 3 is 2.82 bits per heavy atom. The second kappa shape index (κ2) is 5.19. The summed E-state index contributed by atoms with van der Waals surface area (Å²) in [7, 11) is 1.97. The zero-order chi connectivity index (χ0) is 12.4. The van der Waals surface area contributed by atoms with Crippen LogP contribution in [-0.4, -0.2) is 23.1 Å². The van der Waals surface area contributed by atoms with E-state index in [1.807, 2.05) is 7.05 Å². The van der Waals surface area contributed by atoms with Crippen molar-refractivity contribution in [3.05, 3.63) is 28.5 Å². The summed E-state index contributed by atoms with van der Waals surface area (Å²) < 4.78 is 3.40. The molecule has 0 aliphatic heterocycles. The Bertz CT molecular complexity index is 517. The second-order valence-electron chi connectivity index (χ2n) is 4.48. The molecule has 0 aliphatic rings. The van der Waals surface area contributed by atoms with E-state index >= 15 is 0 Å². The zero-order valence-electron chi connectivity index (χ0n) is 10.5. The van der Waals surface area contributed by atoms with Crippen molar-refractivity contribution in [1.82, 2.24) is 14.9 Å². The molecule has 0 amide bonds. The van der Waals surface area contributed by atoms with E-state index < -0.39 is 0 Å². The number of nitrogens with zero attached hydrogens (tertiary/aromatic N) is 2. The Balaban J connectivity index is 2.53. The van der Waals surface area contributed by atoms with E-state index in [2.05, 4.69) is 57.9 Å². The molecule has 17 heavy (non-hydrogen) atoms. The Hall–Kier alpha value is -0.870. The Kier molecular flexibility index (Phi) is 3.84. The molecule has 0 saturated carbocycles. The van der Waals surface area contributed by atoms with Crippen molar-refractivity contribution in [2.45, 2.75) is 26.3 Å². The lowest BCUT2D eigenvalue weighted by Crippen LogP contribution is -2.15. The van der Waals surface area contributed by atoms with E-state index in [1.165, 1.54) is 5.52 Å². The van der Waals surface area contributed by atoms with Gasteiger partial charge in [0.15, 0.2) is 0 Å². The molecular formula is C13H18BrN3. The average molecular weight is 296 g/mol. The minimum Gasteiger partial charge on any atom is -0.325 e. The molecule has 0 spiro atoms. The predicted molar refractivity (Wildman–Crippen MR) is 75.4 cm³/mol. The SMILES string of the molecule is CNCCc1nc2cc(Br)ccc2n1C(C)C. The first-order chi connectivity index (χ1) is 8.13. The molecular weight excluding hydrogens is 278 g/mol.